The Morgan fingerprint density at radius 2 is 2.00 bits per heavy atom. The van der Waals surface area contributed by atoms with E-state index in [-0.39, 0.29) is 5.56 Å². The molecular weight excluding hydrogens is 319 g/mol. The number of thioether (sulfide) groups is 1. The van der Waals surface area contributed by atoms with E-state index < -0.39 is 0 Å². The van der Waals surface area contributed by atoms with Crippen molar-refractivity contribution in [2.24, 2.45) is 0 Å². The van der Waals surface area contributed by atoms with Gasteiger partial charge in [-0.1, -0.05) is 35.0 Å². The van der Waals surface area contributed by atoms with Crippen molar-refractivity contribution < 1.29 is 0 Å². The van der Waals surface area contributed by atoms with Gasteiger partial charge in [0.1, 0.15) is 0 Å². The summed E-state index contributed by atoms with van der Waals surface area (Å²) in [5.41, 5.74) is 2.22. The number of rotatable bonds is 3. The van der Waals surface area contributed by atoms with Gasteiger partial charge in [0.25, 0.3) is 5.56 Å². The fraction of sp³-hybridized carbons (Fsp3) is 0.250. The Hall–Kier alpha value is -1.08. The van der Waals surface area contributed by atoms with Crippen LogP contribution in [-0.2, 0) is 18.8 Å². The molecular formula is C12H10Cl2N4OS. The minimum atomic E-state index is -0.0885. The van der Waals surface area contributed by atoms with Crippen LogP contribution in [0.3, 0.4) is 0 Å². The molecule has 104 valence electrons. The Morgan fingerprint density at radius 1 is 1.25 bits per heavy atom. The average molecular weight is 329 g/mol. The second-order valence-corrected chi connectivity index (χ2v) is 6.05. The molecule has 0 unspecified atom stereocenters. The van der Waals surface area contributed by atoms with Gasteiger partial charge in [0, 0.05) is 36.8 Å². The van der Waals surface area contributed by atoms with E-state index in [1.54, 1.807) is 12.4 Å². The third-order valence-corrected chi connectivity index (χ3v) is 4.53. The number of aromatic nitrogens is 3. The molecule has 2 aromatic rings. The Balaban J connectivity index is 1.83. The molecule has 2 aromatic heterocycles. The van der Waals surface area contributed by atoms with Crippen molar-refractivity contribution in [1.29, 1.82) is 0 Å². The van der Waals surface area contributed by atoms with E-state index >= 15 is 0 Å². The first-order chi connectivity index (χ1) is 9.65. The molecule has 0 aromatic carbocycles. The second-order valence-electron chi connectivity index (χ2n) is 4.27. The highest BCUT2D eigenvalue weighted by Gasteiger charge is 2.17. The summed E-state index contributed by atoms with van der Waals surface area (Å²) in [5, 5.41) is 4.70. The first-order valence-electron chi connectivity index (χ1n) is 5.88. The molecule has 0 saturated heterocycles. The van der Waals surface area contributed by atoms with E-state index in [0.29, 0.717) is 39.6 Å². The smallest absolute Gasteiger partial charge is 0.256 e. The summed E-state index contributed by atoms with van der Waals surface area (Å²) in [5.74, 6) is 0.523. The van der Waals surface area contributed by atoms with Crippen LogP contribution in [0.2, 0.25) is 10.0 Å². The van der Waals surface area contributed by atoms with E-state index in [1.807, 2.05) is 0 Å². The SMILES string of the molecule is O=c1[nH]c(SCc2c(Cl)cncc2Cl)nc2c1CNC2. The number of nitrogens with one attached hydrogen (secondary N) is 2. The molecule has 3 rings (SSSR count). The van der Waals surface area contributed by atoms with Gasteiger partial charge in [0.15, 0.2) is 5.16 Å². The Labute approximate surface area is 129 Å². The highest BCUT2D eigenvalue weighted by molar-refractivity contribution is 7.98. The first-order valence-corrected chi connectivity index (χ1v) is 7.63. The van der Waals surface area contributed by atoms with Crippen molar-refractivity contribution >= 4 is 35.0 Å². The van der Waals surface area contributed by atoms with E-state index in [1.165, 1.54) is 11.8 Å². The lowest BCUT2D eigenvalue weighted by Gasteiger charge is -2.06. The van der Waals surface area contributed by atoms with Crippen molar-refractivity contribution in [1.82, 2.24) is 20.3 Å². The molecule has 0 radical (unpaired) electrons. The number of hydrogen-bond donors (Lipinski definition) is 2. The quantitative estimate of drug-likeness (QED) is 0.668. The predicted octanol–water partition coefficient (Wildman–Crippen LogP) is 2.37. The molecule has 2 N–H and O–H groups in total. The summed E-state index contributed by atoms with van der Waals surface area (Å²) >= 11 is 13.5. The number of hydrogen-bond acceptors (Lipinski definition) is 5. The second kappa shape index (κ2) is 5.73. The first kappa shape index (κ1) is 13.9. The number of pyridine rings is 1. The van der Waals surface area contributed by atoms with Gasteiger partial charge in [-0.3, -0.25) is 9.78 Å². The molecule has 0 fully saturated rings. The van der Waals surface area contributed by atoms with Crippen molar-refractivity contribution in [2.75, 3.05) is 0 Å². The van der Waals surface area contributed by atoms with Crippen LogP contribution in [0.15, 0.2) is 22.3 Å². The van der Waals surface area contributed by atoms with Crippen LogP contribution >= 0.6 is 35.0 Å². The zero-order chi connectivity index (χ0) is 14.1. The van der Waals surface area contributed by atoms with Crippen molar-refractivity contribution in [2.45, 2.75) is 24.0 Å². The van der Waals surface area contributed by atoms with E-state index in [9.17, 15) is 4.79 Å². The highest BCUT2D eigenvalue weighted by atomic mass is 35.5. The summed E-state index contributed by atoms with van der Waals surface area (Å²) in [6, 6.07) is 0. The van der Waals surface area contributed by atoms with Crippen LogP contribution < -0.4 is 10.9 Å². The molecule has 1 aliphatic heterocycles. The Morgan fingerprint density at radius 3 is 2.75 bits per heavy atom. The fourth-order valence-electron chi connectivity index (χ4n) is 1.94. The molecule has 0 bridgehead atoms. The van der Waals surface area contributed by atoms with E-state index in [4.69, 9.17) is 23.2 Å². The van der Waals surface area contributed by atoms with Gasteiger partial charge in [-0.25, -0.2) is 4.98 Å². The maximum atomic E-state index is 11.9. The maximum Gasteiger partial charge on any atom is 0.256 e. The van der Waals surface area contributed by atoms with Crippen LogP contribution in [0.25, 0.3) is 0 Å². The van der Waals surface area contributed by atoms with Gasteiger partial charge < -0.3 is 10.3 Å². The lowest BCUT2D eigenvalue weighted by Crippen LogP contribution is -2.15. The summed E-state index contributed by atoms with van der Waals surface area (Å²) in [6.45, 7) is 1.20. The minimum Gasteiger partial charge on any atom is -0.307 e. The molecule has 5 nitrogen and oxygen atoms in total. The van der Waals surface area contributed by atoms with Crippen LogP contribution in [0, 0.1) is 0 Å². The zero-order valence-electron chi connectivity index (χ0n) is 10.2. The topological polar surface area (TPSA) is 70.7 Å². The summed E-state index contributed by atoms with van der Waals surface area (Å²) in [4.78, 5) is 23.0. The van der Waals surface area contributed by atoms with Crippen LogP contribution in [-0.4, -0.2) is 15.0 Å². The van der Waals surface area contributed by atoms with Crippen LogP contribution in [0.1, 0.15) is 16.8 Å². The predicted molar refractivity (Wildman–Crippen MR) is 79.2 cm³/mol. The zero-order valence-corrected chi connectivity index (χ0v) is 12.6. The van der Waals surface area contributed by atoms with E-state index in [2.05, 4.69) is 20.3 Å². The molecule has 0 spiro atoms. The monoisotopic (exact) mass is 328 g/mol. The molecule has 0 aliphatic carbocycles. The van der Waals surface area contributed by atoms with Crippen molar-refractivity contribution in [3.05, 3.63) is 49.6 Å². The van der Waals surface area contributed by atoms with Gasteiger partial charge in [0.2, 0.25) is 0 Å². The largest absolute Gasteiger partial charge is 0.307 e. The minimum absolute atomic E-state index is 0.0885. The van der Waals surface area contributed by atoms with Gasteiger partial charge in [-0.05, 0) is 0 Å². The van der Waals surface area contributed by atoms with Gasteiger partial charge in [0.05, 0.1) is 21.3 Å². The summed E-state index contributed by atoms with van der Waals surface area (Å²) in [6.07, 6.45) is 3.10. The highest BCUT2D eigenvalue weighted by Crippen LogP contribution is 2.29. The van der Waals surface area contributed by atoms with Crippen LogP contribution in [0.5, 0.6) is 0 Å². The standard InChI is InChI=1S/C12H10Cl2N4OS/c13-8-2-16-3-9(14)7(8)5-20-12-17-10-4-15-1-6(10)11(19)18-12/h2-3,15H,1,4-5H2,(H,17,18,19). The van der Waals surface area contributed by atoms with Gasteiger partial charge >= 0.3 is 0 Å². The van der Waals surface area contributed by atoms with Crippen molar-refractivity contribution in [3.8, 4) is 0 Å². The number of halogens is 2. The molecule has 0 saturated carbocycles. The molecule has 8 heteroatoms. The third kappa shape index (κ3) is 2.69. The molecule has 0 atom stereocenters. The van der Waals surface area contributed by atoms with E-state index in [0.717, 1.165) is 11.3 Å². The molecule has 3 heterocycles. The Kier molecular flexibility index (Phi) is 3.98. The van der Waals surface area contributed by atoms with Gasteiger partial charge in [-0.2, -0.15) is 0 Å². The molecule has 0 amide bonds. The van der Waals surface area contributed by atoms with Crippen molar-refractivity contribution in [3.63, 3.8) is 0 Å². The van der Waals surface area contributed by atoms with Crippen LogP contribution in [0.4, 0.5) is 0 Å². The number of H-pyrrole nitrogens is 1. The molecule has 1 aliphatic rings. The van der Waals surface area contributed by atoms with Gasteiger partial charge in [-0.15, -0.1) is 0 Å². The number of aromatic amines is 1. The lowest BCUT2D eigenvalue weighted by atomic mass is 10.3. The molecule has 20 heavy (non-hydrogen) atoms. The maximum absolute atomic E-state index is 11.9. The normalized spacial score (nSPS) is 13.5. The average Bonchev–Trinajstić information content (AvgIpc) is 2.87. The number of fused-ring (bicyclic) bond motifs is 1. The fourth-order valence-corrected chi connectivity index (χ4v) is 3.53. The summed E-state index contributed by atoms with van der Waals surface area (Å²) in [7, 11) is 0. The Bertz CT molecular complexity index is 699. The lowest BCUT2D eigenvalue weighted by molar-refractivity contribution is 0.754. The number of nitrogens with zero attached hydrogens (tertiary/aromatic N) is 2. The summed E-state index contributed by atoms with van der Waals surface area (Å²) < 4.78 is 0. The third-order valence-electron chi connectivity index (χ3n) is 2.98.